The molecule has 0 aromatic carbocycles. The van der Waals surface area contributed by atoms with Crippen LogP contribution in [0.1, 0.15) is 34.1 Å². The number of amides is 2. The maximum absolute atomic E-state index is 11.9. The highest BCUT2D eigenvalue weighted by Crippen LogP contribution is 2.24. The van der Waals surface area contributed by atoms with E-state index in [0.717, 1.165) is 45.7 Å². The van der Waals surface area contributed by atoms with Crippen molar-refractivity contribution < 1.29 is 4.79 Å². The maximum atomic E-state index is 11.9. The molecule has 5 heteroatoms. The zero-order valence-corrected chi connectivity index (χ0v) is 12.9. The van der Waals surface area contributed by atoms with Gasteiger partial charge in [-0.15, -0.1) is 0 Å². The van der Waals surface area contributed by atoms with Gasteiger partial charge in [-0.2, -0.15) is 0 Å². The van der Waals surface area contributed by atoms with Crippen molar-refractivity contribution in [3.05, 3.63) is 0 Å². The third kappa shape index (κ3) is 4.35. The Morgan fingerprint density at radius 1 is 1.26 bits per heavy atom. The number of hydrogen-bond acceptors (Lipinski definition) is 3. The lowest BCUT2D eigenvalue weighted by atomic mass is 9.83. The van der Waals surface area contributed by atoms with Crippen LogP contribution in [0, 0.1) is 5.41 Å². The molecule has 1 fully saturated rings. The number of carbonyl (C=O) groups excluding carboxylic acids is 1. The molecule has 1 aliphatic rings. The zero-order valence-electron chi connectivity index (χ0n) is 12.9. The number of nitrogens with zero attached hydrogens (tertiary/aromatic N) is 1. The van der Waals surface area contributed by atoms with Crippen molar-refractivity contribution in [2.75, 3.05) is 39.3 Å². The van der Waals surface area contributed by atoms with Crippen LogP contribution in [0.25, 0.3) is 0 Å². The van der Waals surface area contributed by atoms with Gasteiger partial charge in [-0.05, 0) is 26.4 Å². The van der Waals surface area contributed by atoms with E-state index in [9.17, 15) is 4.79 Å². The second-order valence-corrected chi connectivity index (χ2v) is 5.58. The van der Waals surface area contributed by atoms with Crippen LogP contribution in [-0.4, -0.2) is 56.2 Å². The lowest BCUT2D eigenvalue weighted by Crippen LogP contribution is -2.51. The maximum Gasteiger partial charge on any atom is 0.317 e. The first-order valence-corrected chi connectivity index (χ1v) is 7.54. The van der Waals surface area contributed by atoms with Gasteiger partial charge in [0.1, 0.15) is 0 Å². The molecule has 1 atom stereocenters. The molecule has 1 saturated heterocycles. The Kier molecular flexibility index (Phi) is 6.58. The van der Waals surface area contributed by atoms with Gasteiger partial charge in [-0.25, -0.2) is 4.79 Å². The molecule has 0 saturated carbocycles. The third-order valence-electron chi connectivity index (χ3n) is 4.10. The zero-order chi connectivity index (χ0) is 14.3. The van der Waals surface area contributed by atoms with Crippen LogP contribution in [0.4, 0.5) is 4.79 Å². The molecule has 5 nitrogen and oxygen atoms in total. The molecule has 19 heavy (non-hydrogen) atoms. The van der Waals surface area contributed by atoms with E-state index in [1.54, 1.807) is 0 Å². The van der Waals surface area contributed by atoms with Crippen molar-refractivity contribution in [2.24, 2.45) is 5.41 Å². The standard InChI is InChI=1S/C14H30N4O/c1-5-14(9-15-6-2,10-16-7-3)11-18-12(4)8-17-13(18)19/h12,15-16H,5-11H2,1-4H3,(H,17,19). The largest absolute Gasteiger partial charge is 0.336 e. The van der Waals surface area contributed by atoms with Crippen LogP contribution in [0.3, 0.4) is 0 Å². The summed E-state index contributed by atoms with van der Waals surface area (Å²) in [5.41, 5.74) is 0.113. The molecule has 0 aromatic rings. The van der Waals surface area contributed by atoms with Gasteiger partial charge in [-0.1, -0.05) is 20.8 Å². The summed E-state index contributed by atoms with van der Waals surface area (Å²) < 4.78 is 0. The highest BCUT2D eigenvalue weighted by Gasteiger charge is 2.36. The van der Waals surface area contributed by atoms with E-state index in [2.05, 4.69) is 43.6 Å². The predicted molar refractivity (Wildman–Crippen MR) is 79.4 cm³/mol. The first-order chi connectivity index (χ1) is 9.08. The first-order valence-electron chi connectivity index (χ1n) is 7.54. The topological polar surface area (TPSA) is 56.4 Å². The molecule has 0 spiro atoms. The summed E-state index contributed by atoms with van der Waals surface area (Å²) in [5, 5.41) is 9.83. The van der Waals surface area contributed by atoms with Crippen LogP contribution in [0.15, 0.2) is 0 Å². The molecular formula is C14H30N4O. The van der Waals surface area contributed by atoms with E-state index < -0.39 is 0 Å². The molecule has 0 bridgehead atoms. The van der Waals surface area contributed by atoms with Gasteiger partial charge in [-0.3, -0.25) is 0 Å². The molecule has 1 unspecified atom stereocenters. The van der Waals surface area contributed by atoms with Crippen LogP contribution in [0.2, 0.25) is 0 Å². The van der Waals surface area contributed by atoms with E-state index in [4.69, 9.17) is 0 Å². The SMILES string of the molecule is CCNCC(CC)(CNCC)CN1C(=O)NCC1C. The number of nitrogens with one attached hydrogen (secondary N) is 3. The quantitative estimate of drug-likeness (QED) is 0.586. The summed E-state index contributed by atoms with van der Waals surface area (Å²) in [7, 11) is 0. The lowest BCUT2D eigenvalue weighted by Gasteiger charge is -2.38. The summed E-state index contributed by atoms with van der Waals surface area (Å²) in [4.78, 5) is 13.9. The Hall–Kier alpha value is -0.810. The van der Waals surface area contributed by atoms with Gasteiger partial charge < -0.3 is 20.9 Å². The second kappa shape index (κ2) is 7.70. The van der Waals surface area contributed by atoms with Gasteiger partial charge in [0.25, 0.3) is 0 Å². The molecule has 1 aliphatic heterocycles. The Morgan fingerprint density at radius 3 is 2.21 bits per heavy atom. The predicted octanol–water partition coefficient (Wildman–Crippen LogP) is 1.02. The molecule has 1 heterocycles. The van der Waals surface area contributed by atoms with Crippen LogP contribution < -0.4 is 16.0 Å². The molecular weight excluding hydrogens is 240 g/mol. The van der Waals surface area contributed by atoms with Gasteiger partial charge >= 0.3 is 6.03 Å². The third-order valence-corrected chi connectivity index (χ3v) is 4.10. The molecule has 112 valence electrons. The van der Waals surface area contributed by atoms with Crippen molar-refractivity contribution >= 4 is 6.03 Å². The fourth-order valence-corrected chi connectivity index (χ4v) is 2.55. The molecule has 0 radical (unpaired) electrons. The summed E-state index contributed by atoms with van der Waals surface area (Å²) in [6, 6.07) is 0.375. The summed E-state index contributed by atoms with van der Waals surface area (Å²) in [5.74, 6) is 0. The van der Waals surface area contributed by atoms with E-state index in [1.807, 2.05) is 4.90 Å². The van der Waals surface area contributed by atoms with Gasteiger partial charge in [0.2, 0.25) is 0 Å². The Balaban J connectivity index is 2.72. The van der Waals surface area contributed by atoms with E-state index in [0.29, 0.717) is 6.04 Å². The van der Waals surface area contributed by atoms with Gasteiger partial charge in [0.15, 0.2) is 0 Å². The van der Waals surface area contributed by atoms with Crippen molar-refractivity contribution in [3.8, 4) is 0 Å². The molecule has 2 amide bonds. The monoisotopic (exact) mass is 270 g/mol. The fraction of sp³-hybridized carbons (Fsp3) is 0.929. The highest BCUT2D eigenvalue weighted by atomic mass is 16.2. The average Bonchev–Trinajstić information content (AvgIpc) is 2.73. The minimum atomic E-state index is 0.0818. The average molecular weight is 270 g/mol. The number of hydrogen-bond donors (Lipinski definition) is 3. The summed E-state index contributed by atoms with van der Waals surface area (Å²) >= 11 is 0. The van der Waals surface area contributed by atoms with Crippen LogP contribution in [0.5, 0.6) is 0 Å². The van der Waals surface area contributed by atoms with Gasteiger partial charge in [0, 0.05) is 37.6 Å². The molecule has 0 aromatic heterocycles. The highest BCUT2D eigenvalue weighted by molar-refractivity contribution is 5.76. The number of urea groups is 1. The summed E-state index contributed by atoms with van der Waals surface area (Å²) in [6.45, 7) is 14.0. The summed E-state index contributed by atoms with van der Waals surface area (Å²) in [6.07, 6.45) is 1.06. The van der Waals surface area contributed by atoms with E-state index >= 15 is 0 Å². The molecule has 1 rings (SSSR count). The Bertz CT molecular complexity index is 275. The van der Waals surface area contributed by atoms with Crippen LogP contribution >= 0.6 is 0 Å². The van der Waals surface area contributed by atoms with Crippen molar-refractivity contribution in [3.63, 3.8) is 0 Å². The minimum Gasteiger partial charge on any atom is -0.336 e. The molecule has 0 aliphatic carbocycles. The normalized spacial score (nSPS) is 19.9. The van der Waals surface area contributed by atoms with Crippen molar-refractivity contribution in [1.82, 2.24) is 20.9 Å². The van der Waals surface area contributed by atoms with E-state index in [1.165, 1.54) is 0 Å². The van der Waals surface area contributed by atoms with Gasteiger partial charge in [0.05, 0.1) is 0 Å². The smallest absolute Gasteiger partial charge is 0.317 e. The minimum absolute atomic E-state index is 0.0818. The van der Waals surface area contributed by atoms with Crippen LogP contribution in [-0.2, 0) is 0 Å². The Morgan fingerprint density at radius 2 is 1.84 bits per heavy atom. The lowest BCUT2D eigenvalue weighted by molar-refractivity contribution is 0.143. The first kappa shape index (κ1) is 16.2. The van der Waals surface area contributed by atoms with Crippen molar-refractivity contribution in [1.29, 1.82) is 0 Å². The number of carbonyl (C=O) groups is 1. The van der Waals surface area contributed by atoms with E-state index in [-0.39, 0.29) is 11.4 Å². The Labute approximate surface area is 117 Å². The molecule has 3 N–H and O–H groups in total. The second-order valence-electron chi connectivity index (χ2n) is 5.58. The number of rotatable bonds is 9. The van der Waals surface area contributed by atoms with Crippen molar-refractivity contribution in [2.45, 2.75) is 40.2 Å². The fourth-order valence-electron chi connectivity index (χ4n) is 2.55.